The molecule has 1 aromatic carbocycles. The number of nitrogens with one attached hydrogen (secondary N) is 1. The molecule has 3 N–H and O–H groups in total. The van der Waals surface area contributed by atoms with E-state index in [4.69, 9.17) is 33.1 Å². The lowest BCUT2D eigenvalue weighted by Crippen LogP contribution is -2.26. The number of carbonyl (C=O) groups excluding carboxylic acids is 1. The van der Waals surface area contributed by atoms with Crippen molar-refractivity contribution in [2.24, 2.45) is 5.14 Å². The maximum absolute atomic E-state index is 11.5. The van der Waals surface area contributed by atoms with Crippen LogP contribution >= 0.6 is 23.2 Å². The molecule has 0 saturated heterocycles. The fourth-order valence-corrected chi connectivity index (χ4v) is 2.90. The molecular formula is C12H14Cl2N2O4S. The Kier molecular flexibility index (Phi) is 4.98. The van der Waals surface area contributed by atoms with Gasteiger partial charge in [-0.25, -0.2) is 13.6 Å². The number of primary sulfonamides is 1. The van der Waals surface area contributed by atoms with Crippen LogP contribution in [0.2, 0.25) is 10.0 Å². The molecule has 0 aliphatic heterocycles. The van der Waals surface area contributed by atoms with E-state index in [1.165, 1.54) is 0 Å². The standard InChI is InChI=1S/C12H14Cl2N2O4S/c13-9-5-8(21(15,18)19)6-10(14)12(9)20-4-3-11(17)16-7-1-2-7/h5-7H,1-4H2,(H,16,17)(H2,15,18,19). The molecule has 116 valence electrons. The number of sulfonamides is 1. The number of ether oxygens (including phenoxy) is 1. The third kappa shape index (κ3) is 4.74. The zero-order chi connectivity index (χ0) is 15.6. The summed E-state index contributed by atoms with van der Waals surface area (Å²) in [5, 5.41) is 7.86. The van der Waals surface area contributed by atoms with Crippen LogP contribution in [0.3, 0.4) is 0 Å². The summed E-state index contributed by atoms with van der Waals surface area (Å²) in [5.74, 6) is 0.0239. The summed E-state index contributed by atoms with van der Waals surface area (Å²) in [6.07, 6.45) is 2.19. The molecule has 0 spiro atoms. The Morgan fingerprint density at radius 2 is 1.90 bits per heavy atom. The quantitative estimate of drug-likeness (QED) is 0.813. The largest absolute Gasteiger partial charge is 0.490 e. The van der Waals surface area contributed by atoms with E-state index in [-0.39, 0.29) is 39.6 Å². The Balaban J connectivity index is 1.98. The molecule has 2 rings (SSSR count). The molecule has 0 atom stereocenters. The van der Waals surface area contributed by atoms with Crippen LogP contribution in [0.1, 0.15) is 19.3 Å². The molecule has 21 heavy (non-hydrogen) atoms. The van der Waals surface area contributed by atoms with Gasteiger partial charge in [0.05, 0.1) is 28.0 Å². The Morgan fingerprint density at radius 1 is 1.33 bits per heavy atom. The third-order valence-electron chi connectivity index (χ3n) is 2.82. The molecule has 1 aliphatic rings. The first-order valence-corrected chi connectivity index (χ1v) is 8.51. The first-order chi connectivity index (χ1) is 9.77. The summed E-state index contributed by atoms with van der Waals surface area (Å²) in [5.41, 5.74) is 0. The van der Waals surface area contributed by atoms with Crippen molar-refractivity contribution in [1.29, 1.82) is 0 Å². The Morgan fingerprint density at radius 3 is 2.38 bits per heavy atom. The van der Waals surface area contributed by atoms with Gasteiger partial charge in [-0.15, -0.1) is 0 Å². The van der Waals surface area contributed by atoms with Gasteiger partial charge in [-0.1, -0.05) is 23.2 Å². The molecule has 0 unspecified atom stereocenters. The number of amides is 1. The van der Waals surface area contributed by atoms with Gasteiger partial charge in [-0.2, -0.15) is 0 Å². The third-order valence-corrected chi connectivity index (χ3v) is 4.27. The predicted molar refractivity (Wildman–Crippen MR) is 79.1 cm³/mol. The van der Waals surface area contributed by atoms with Crippen molar-refractivity contribution in [1.82, 2.24) is 5.32 Å². The van der Waals surface area contributed by atoms with Crippen molar-refractivity contribution in [2.45, 2.75) is 30.2 Å². The van der Waals surface area contributed by atoms with Gasteiger partial charge in [0.15, 0.2) is 5.75 Å². The van der Waals surface area contributed by atoms with Gasteiger partial charge in [0.2, 0.25) is 15.9 Å². The molecule has 1 aromatic rings. The number of rotatable bonds is 6. The van der Waals surface area contributed by atoms with Gasteiger partial charge < -0.3 is 10.1 Å². The number of carbonyl (C=O) groups is 1. The first kappa shape index (κ1) is 16.4. The van der Waals surface area contributed by atoms with Gasteiger partial charge in [0, 0.05) is 6.04 Å². The molecular weight excluding hydrogens is 339 g/mol. The summed E-state index contributed by atoms with van der Waals surface area (Å²) < 4.78 is 27.8. The maximum Gasteiger partial charge on any atom is 0.238 e. The molecule has 0 aromatic heterocycles. The van der Waals surface area contributed by atoms with E-state index >= 15 is 0 Å². The average molecular weight is 353 g/mol. The zero-order valence-corrected chi connectivity index (χ0v) is 13.3. The van der Waals surface area contributed by atoms with Crippen LogP contribution in [0.5, 0.6) is 5.75 Å². The van der Waals surface area contributed by atoms with Crippen LogP contribution in [0.4, 0.5) is 0 Å². The van der Waals surface area contributed by atoms with Crippen LogP contribution in [-0.4, -0.2) is 27.0 Å². The van der Waals surface area contributed by atoms with Crippen molar-refractivity contribution in [3.63, 3.8) is 0 Å². The Labute approximate surface area is 132 Å². The molecule has 1 saturated carbocycles. The van der Waals surface area contributed by atoms with Crippen molar-refractivity contribution < 1.29 is 17.9 Å². The van der Waals surface area contributed by atoms with E-state index in [1.807, 2.05) is 0 Å². The average Bonchev–Trinajstić information content (AvgIpc) is 3.15. The Hall–Kier alpha value is -1.02. The van der Waals surface area contributed by atoms with Gasteiger partial charge >= 0.3 is 0 Å². The lowest BCUT2D eigenvalue weighted by atomic mass is 10.3. The summed E-state index contributed by atoms with van der Waals surface area (Å²) in [4.78, 5) is 11.3. The topological polar surface area (TPSA) is 98.5 Å². The number of hydrogen-bond acceptors (Lipinski definition) is 4. The first-order valence-electron chi connectivity index (χ1n) is 6.21. The monoisotopic (exact) mass is 352 g/mol. The highest BCUT2D eigenvalue weighted by molar-refractivity contribution is 7.89. The lowest BCUT2D eigenvalue weighted by molar-refractivity contribution is -0.121. The summed E-state index contributed by atoms with van der Waals surface area (Å²) in [6, 6.07) is 2.60. The van der Waals surface area contributed by atoms with Gasteiger partial charge in [0.25, 0.3) is 0 Å². The molecule has 6 nitrogen and oxygen atoms in total. The molecule has 9 heteroatoms. The second-order valence-corrected chi connectivity index (χ2v) is 7.08. The fourth-order valence-electron chi connectivity index (χ4n) is 1.61. The van der Waals surface area contributed by atoms with Crippen LogP contribution < -0.4 is 15.2 Å². The maximum atomic E-state index is 11.5. The molecule has 0 bridgehead atoms. The molecule has 1 amide bonds. The minimum absolute atomic E-state index is 0.0223. The number of halogens is 2. The highest BCUT2D eigenvalue weighted by atomic mass is 35.5. The van der Waals surface area contributed by atoms with E-state index in [1.54, 1.807) is 0 Å². The molecule has 1 fully saturated rings. The van der Waals surface area contributed by atoms with Crippen molar-refractivity contribution in [3.05, 3.63) is 22.2 Å². The van der Waals surface area contributed by atoms with Gasteiger partial charge in [-0.3, -0.25) is 4.79 Å². The summed E-state index contributed by atoms with van der Waals surface area (Å²) >= 11 is 11.8. The van der Waals surface area contributed by atoms with Crippen molar-refractivity contribution in [2.75, 3.05) is 6.61 Å². The number of hydrogen-bond donors (Lipinski definition) is 2. The minimum Gasteiger partial charge on any atom is -0.490 e. The predicted octanol–water partition coefficient (Wildman–Crippen LogP) is 1.69. The van der Waals surface area contributed by atoms with Crippen LogP contribution in [0, 0.1) is 0 Å². The smallest absolute Gasteiger partial charge is 0.238 e. The number of nitrogens with two attached hydrogens (primary N) is 1. The van der Waals surface area contributed by atoms with E-state index in [2.05, 4.69) is 5.32 Å². The highest BCUT2D eigenvalue weighted by Crippen LogP contribution is 2.35. The zero-order valence-electron chi connectivity index (χ0n) is 10.9. The summed E-state index contributed by atoms with van der Waals surface area (Å²) in [6.45, 7) is 0.0900. The van der Waals surface area contributed by atoms with Crippen molar-refractivity contribution >= 4 is 39.1 Å². The van der Waals surface area contributed by atoms with E-state index < -0.39 is 10.0 Å². The molecule has 0 heterocycles. The van der Waals surface area contributed by atoms with Crippen molar-refractivity contribution in [3.8, 4) is 5.75 Å². The van der Waals surface area contributed by atoms with Crippen LogP contribution in [0.25, 0.3) is 0 Å². The van der Waals surface area contributed by atoms with Gasteiger partial charge in [0.1, 0.15) is 0 Å². The Bertz CT molecular complexity index is 636. The summed E-state index contributed by atoms with van der Waals surface area (Å²) in [7, 11) is -3.89. The van der Waals surface area contributed by atoms with E-state index in [0.29, 0.717) is 6.04 Å². The lowest BCUT2D eigenvalue weighted by Gasteiger charge is -2.11. The van der Waals surface area contributed by atoms with E-state index in [9.17, 15) is 13.2 Å². The SMILES string of the molecule is NS(=O)(=O)c1cc(Cl)c(OCCC(=O)NC2CC2)c(Cl)c1. The second-order valence-electron chi connectivity index (χ2n) is 4.70. The van der Waals surface area contributed by atoms with Crippen LogP contribution in [0.15, 0.2) is 17.0 Å². The second kappa shape index (κ2) is 6.39. The van der Waals surface area contributed by atoms with Crippen LogP contribution in [-0.2, 0) is 14.8 Å². The highest BCUT2D eigenvalue weighted by Gasteiger charge is 2.23. The molecule has 1 aliphatic carbocycles. The van der Waals surface area contributed by atoms with E-state index in [0.717, 1.165) is 25.0 Å². The number of benzene rings is 1. The van der Waals surface area contributed by atoms with Gasteiger partial charge in [-0.05, 0) is 25.0 Å². The minimum atomic E-state index is -3.89. The fraction of sp³-hybridized carbons (Fsp3) is 0.417. The molecule has 0 radical (unpaired) electrons. The normalized spacial score (nSPS) is 14.8.